The molecule has 0 aliphatic carbocycles. The third kappa shape index (κ3) is 7.47. The average molecular weight is 691 g/mol. The maximum atomic E-state index is 13.6. The monoisotopic (exact) mass is 690 g/mol. The first-order valence-corrected chi connectivity index (χ1v) is 15.7. The minimum atomic E-state index is -0.705. The Kier molecular flexibility index (Phi) is 9.89. The molecule has 51 heavy (non-hydrogen) atoms. The topological polar surface area (TPSA) is 132 Å². The largest absolute Gasteiger partial charge is 0.461 e. The molecule has 0 radical (unpaired) electrons. The third-order valence-corrected chi connectivity index (χ3v) is 7.46. The van der Waals surface area contributed by atoms with E-state index in [1.165, 1.54) is 70.0 Å². The lowest BCUT2D eigenvalue weighted by atomic mass is 10.1. The van der Waals surface area contributed by atoms with Crippen molar-refractivity contribution >= 4 is 23.5 Å². The van der Waals surface area contributed by atoms with Crippen molar-refractivity contribution in [2.45, 2.75) is 13.8 Å². The van der Waals surface area contributed by atoms with Gasteiger partial charge in [-0.3, -0.25) is 9.59 Å². The molecule has 0 saturated heterocycles. The first kappa shape index (κ1) is 34.1. The molecular formula is C38H28F2N4O7. The number of benzene rings is 4. The second-order valence-electron chi connectivity index (χ2n) is 10.9. The lowest BCUT2D eigenvalue weighted by Crippen LogP contribution is -2.10. The highest BCUT2D eigenvalue weighted by Gasteiger charge is 2.24. The summed E-state index contributed by atoms with van der Waals surface area (Å²) in [6, 6.07) is 25.7. The van der Waals surface area contributed by atoms with Gasteiger partial charge in [-0.15, -0.1) is 0 Å². The molecule has 0 atom stereocenters. The molecule has 256 valence electrons. The Balaban J connectivity index is 1.20. The van der Waals surface area contributed by atoms with Crippen LogP contribution in [-0.2, 0) is 9.47 Å². The van der Waals surface area contributed by atoms with Crippen molar-refractivity contribution in [1.29, 1.82) is 0 Å². The molecule has 0 bridgehead atoms. The number of carbonyl (C=O) groups is 4. The summed E-state index contributed by atoms with van der Waals surface area (Å²) >= 11 is 0. The molecule has 0 fully saturated rings. The van der Waals surface area contributed by atoms with E-state index < -0.39 is 35.1 Å². The lowest BCUT2D eigenvalue weighted by molar-refractivity contribution is 0.0509. The van der Waals surface area contributed by atoms with Crippen LogP contribution in [0.2, 0.25) is 0 Å². The van der Waals surface area contributed by atoms with Crippen molar-refractivity contribution in [3.8, 4) is 22.9 Å². The zero-order valence-electron chi connectivity index (χ0n) is 27.2. The van der Waals surface area contributed by atoms with E-state index in [4.69, 9.17) is 14.2 Å². The van der Waals surface area contributed by atoms with Crippen molar-refractivity contribution in [1.82, 2.24) is 19.6 Å². The standard InChI is InChI=1S/C38H28F2N4O7/c1-3-49-37(47)31-21-33(43(41-31)27-13-9-25(39)10-14-27)35(45)23-5-17-29(18-6-23)51-30-19-7-24(8-20-30)36(46)34-22-32(38(48)50-4-2)42-44(34)28-15-11-26(40)12-16-28/h5-22H,3-4H2,1-2H3. The molecule has 0 unspecified atom stereocenters. The maximum absolute atomic E-state index is 13.6. The van der Waals surface area contributed by atoms with E-state index in [9.17, 15) is 28.0 Å². The molecular weight excluding hydrogens is 662 g/mol. The molecule has 6 aromatic rings. The van der Waals surface area contributed by atoms with Gasteiger partial charge in [0.1, 0.15) is 34.5 Å². The molecule has 0 aliphatic heterocycles. The summed E-state index contributed by atoms with van der Waals surface area (Å²) in [7, 11) is 0. The summed E-state index contributed by atoms with van der Waals surface area (Å²) in [6.07, 6.45) is 0. The van der Waals surface area contributed by atoms with E-state index >= 15 is 0 Å². The molecule has 2 heterocycles. The van der Waals surface area contributed by atoms with Gasteiger partial charge in [-0.25, -0.2) is 27.7 Å². The molecule has 0 amide bonds. The fourth-order valence-corrected chi connectivity index (χ4v) is 5.03. The highest BCUT2D eigenvalue weighted by atomic mass is 19.1. The number of ether oxygens (including phenoxy) is 3. The highest BCUT2D eigenvalue weighted by Crippen LogP contribution is 2.26. The van der Waals surface area contributed by atoms with Crippen LogP contribution in [0.4, 0.5) is 8.78 Å². The first-order valence-electron chi connectivity index (χ1n) is 15.7. The molecule has 0 spiro atoms. The van der Waals surface area contributed by atoms with Gasteiger partial charge in [-0.2, -0.15) is 10.2 Å². The molecule has 11 nitrogen and oxygen atoms in total. The van der Waals surface area contributed by atoms with Crippen molar-refractivity contribution in [2.75, 3.05) is 13.2 Å². The van der Waals surface area contributed by atoms with E-state index in [1.54, 1.807) is 62.4 Å². The quantitative estimate of drug-likeness (QED) is 0.0989. The van der Waals surface area contributed by atoms with Gasteiger partial charge < -0.3 is 14.2 Å². The Morgan fingerprint density at radius 3 is 1.24 bits per heavy atom. The van der Waals surface area contributed by atoms with Gasteiger partial charge in [-0.1, -0.05) is 0 Å². The SMILES string of the molecule is CCOC(=O)c1cc(C(=O)c2ccc(Oc3ccc(C(=O)c4cc(C(=O)OCC)nn4-c4ccc(F)cc4)cc3)cc2)n(-c2ccc(F)cc2)n1. The number of aromatic nitrogens is 4. The van der Waals surface area contributed by atoms with Gasteiger partial charge in [-0.05, 0) is 111 Å². The zero-order chi connectivity index (χ0) is 36.1. The van der Waals surface area contributed by atoms with Crippen LogP contribution in [0.3, 0.4) is 0 Å². The normalized spacial score (nSPS) is 10.8. The van der Waals surface area contributed by atoms with Crippen LogP contribution in [0.25, 0.3) is 11.4 Å². The van der Waals surface area contributed by atoms with Crippen LogP contribution < -0.4 is 4.74 Å². The summed E-state index contributed by atoms with van der Waals surface area (Å²) in [5.41, 5.74) is 1.25. The first-order chi connectivity index (χ1) is 24.6. The second kappa shape index (κ2) is 14.8. The predicted octanol–water partition coefficient (Wildman–Crippen LogP) is 6.94. The summed E-state index contributed by atoms with van der Waals surface area (Å²) in [4.78, 5) is 52.0. The number of hydrogen-bond donors (Lipinski definition) is 0. The minimum Gasteiger partial charge on any atom is -0.461 e. The average Bonchev–Trinajstić information content (AvgIpc) is 3.79. The zero-order valence-corrected chi connectivity index (χ0v) is 27.2. The Hall–Kier alpha value is -6.76. The molecule has 0 saturated carbocycles. The van der Waals surface area contributed by atoms with Crippen molar-refractivity contribution in [3.05, 3.63) is 155 Å². The molecule has 4 aromatic carbocycles. The van der Waals surface area contributed by atoms with E-state index in [-0.39, 0.29) is 47.1 Å². The number of ketones is 2. The molecule has 6 rings (SSSR count). The van der Waals surface area contributed by atoms with Crippen molar-refractivity contribution in [3.63, 3.8) is 0 Å². The summed E-state index contributed by atoms with van der Waals surface area (Å²) in [5.74, 6) is -2.49. The lowest BCUT2D eigenvalue weighted by Gasteiger charge is -2.09. The van der Waals surface area contributed by atoms with Crippen LogP contribution in [0, 0.1) is 11.6 Å². The van der Waals surface area contributed by atoms with Crippen LogP contribution >= 0.6 is 0 Å². The van der Waals surface area contributed by atoms with E-state index in [0.29, 0.717) is 22.9 Å². The van der Waals surface area contributed by atoms with E-state index in [1.807, 2.05) is 0 Å². The molecule has 13 heteroatoms. The van der Waals surface area contributed by atoms with Crippen LogP contribution in [0.5, 0.6) is 11.5 Å². The number of nitrogens with zero attached hydrogens (tertiary/aromatic N) is 4. The van der Waals surface area contributed by atoms with Crippen molar-refractivity contribution in [2.24, 2.45) is 0 Å². The van der Waals surface area contributed by atoms with Crippen LogP contribution in [0.15, 0.2) is 109 Å². The number of hydrogen-bond acceptors (Lipinski definition) is 9. The van der Waals surface area contributed by atoms with Gasteiger partial charge in [0, 0.05) is 23.3 Å². The Labute approximate surface area is 289 Å². The summed E-state index contributed by atoms with van der Waals surface area (Å²) < 4.78 is 45.7. The smallest absolute Gasteiger partial charge is 0.358 e. The van der Waals surface area contributed by atoms with Crippen LogP contribution in [-0.4, -0.2) is 56.3 Å². The highest BCUT2D eigenvalue weighted by molar-refractivity contribution is 6.10. The predicted molar refractivity (Wildman–Crippen MR) is 179 cm³/mol. The third-order valence-electron chi connectivity index (χ3n) is 7.46. The summed E-state index contributed by atoms with van der Waals surface area (Å²) in [5, 5.41) is 8.48. The summed E-state index contributed by atoms with van der Waals surface area (Å²) in [6.45, 7) is 3.54. The van der Waals surface area contributed by atoms with Gasteiger partial charge in [0.15, 0.2) is 11.4 Å². The van der Waals surface area contributed by atoms with E-state index in [2.05, 4.69) is 10.2 Å². The fraction of sp³-hybridized carbons (Fsp3) is 0.105. The van der Waals surface area contributed by atoms with Gasteiger partial charge in [0.25, 0.3) is 0 Å². The van der Waals surface area contributed by atoms with E-state index in [0.717, 1.165) is 0 Å². The fourth-order valence-electron chi connectivity index (χ4n) is 5.03. The van der Waals surface area contributed by atoms with Gasteiger partial charge in [0.05, 0.1) is 24.6 Å². The van der Waals surface area contributed by atoms with Gasteiger partial charge >= 0.3 is 11.9 Å². The minimum absolute atomic E-state index is 0.0636. The van der Waals surface area contributed by atoms with Crippen LogP contribution in [0.1, 0.15) is 66.9 Å². The maximum Gasteiger partial charge on any atom is 0.358 e. The number of carbonyl (C=O) groups excluding carboxylic acids is 4. The Morgan fingerprint density at radius 2 is 0.902 bits per heavy atom. The molecule has 0 N–H and O–H groups in total. The van der Waals surface area contributed by atoms with Gasteiger partial charge in [0.2, 0.25) is 11.6 Å². The number of esters is 2. The second-order valence-corrected chi connectivity index (χ2v) is 10.9. The molecule has 0 aliphatic rings. The molecule has 2 aromatic heterocycles. The van der Waals surface area contributed by atoms with Crippen molar-refractivity contribution < 1.29 is 42.2 Å². The number of halogens is 2. The number of rotatable bonds is 12. The Morgan fingerprint density at radius 1 is 0.549 bits per heavy atom. The Bertz CT molecular complexity index is 2070.